The Morgan fingerprint density at radius 3 is 1.60 bits per heavy atom. The van der Waals surface area contributed by atoms with Crippen LogP contribution in [0.5, 0.6) is 0 Å². The number of ketones is 1. The van der Waals surface area contributed by atoms with E-state index in [1.807, 2.05) is 0 Å². The van der Waals surface area contributed by atoms with Crippen molar-refractivity contribution in [2.45, 2.75) is 13.8 Å². The summed E-state index contributed by atoms with van der Waals surface area (Å²) in [5.74, 6) is 0.167. The van der Waals surface area contributed by atoms with Gasteiger partial charge in [0.1, 0.15) is 5.78 Å². The van der Waals surface area contributed by atoms with E-state index in [9.17, 15) is 4.79 Å². The van der Waals surface area contributed by atoms with Crippen molar-refractivity contribution in [1.82, 2.24) is 0 Å². The van der Waals surface area contributed by atoms with Gasteiger partial charge in [-0.2, -0.15) is 0 Å². The third-order valence-electron chi connectivity index (χ3n) is 0. The Labute approximate surface area is 92.4 Å². The van der Waals surface area contributed by atoms with Gasteiger partial charge in [-0.25, -0.2) is 0 Å². The van der Waals surface area contributed by atoms with E-state index < -0.39 is 0 Å². The molecule has 0 aliphatic heterocycles. The molecule has 0 atom stereocenters. The third-order valence-corrected chi connectivity index (χ3v) is 0. The summed E-state index contributed by atoms with van der Waals surface area (Å²) >= 11 is 0. The maximum Gasteiger partial charge on any atom is 1.00 e. The van der Waals surface area contributed by atoms with Gasteiger partial charge in [0.25, 0.3) is 0 Å². The van der Waals surface area contributed by atoms with Gasteiger partial charge in [0.15, 0.2) is 0 Å². The Bertz CT molecular complexity index is 33.8. The van der Waals surface area contributed by atoms with Gasteiger partial charge in [0.05, 0.1) is 0 Å². The molecule has 0 saturated heterocycles. The molecule has 0 fully saturated rings. The first-order chi connectivity index (χ1) is 1.73. The minimum absolute atomic E-state index is 0. The number of carbonyl (C=O) groups is 1. The van der Waals surface area contributed by atoms with E-state index in [1.165, 1.54) is 13.8 Å². The van der Waals surface area contributed by atoms with Crippen molar-refractivity contribution < 1.29 is 75.1 Å². The summed E-state index contributed by atoms with van der Waals surface area (Å²) in [6.07, 6.45) is 0. The Morgan fingerprint density at radius 1 is 1.60 bits per heavy atom. The normalized spacial score (nSPS) is 5.20. The quantitative estimate of drug-likeness (QED) is 0.422. The molecule has 0 heterocycles. The average molecular weight is 192 g/mol. The average Bonchev–Trinajstić information content (AvgIpc) is 0.811. The molecule has 5 heavy (non-hydrogen) atoms. The minimum atomic E-state index is 0. The number of carbonyl (C=O) groups excluding carboxylic acids is 1. The molecule has 0 aromatic carbocycles. The molecular formula is C3H7CsO. The van der Waals surface area contributed by atoms with Gasteiger partial charge in [-0.1, -0.05) is 0 Å². The molecule has 0 bridgehead atoms. The molecule has 0 N–H and O–H groups in total. The number of hydrogen-bond acceptors (Lipinski definition) is 1. The first-order valence-electron chi connectivity index (χ1n) is 1.20. The standard InChI is InChI=1S/C3H6O.Cs.H/c1-3(2)4;;/h1-2H3;;/q;+1;-1. The third kappa shape index (κ3) is 26.7. The van der Waals surface area contributed by atoms with Gasteiger partial charge < -0.3 is 6.22 Å². The van der Waals surface area contributed by atoms with Crippen molar-refractivity contribution in [1.29, 1.82) is 0 Å². The zero-order valence-electron chi connectivity index (χ0n) is 4.91. The molecule has 0 aliphatic rings. The topological polar surface area (TPSA) is 17.1 Å². The summed E-state index contributed by atoms with van der Waals surface area (Å²) in [6, 6.07) is 0. The van der Waals surface area contributed by atoms with Crippen LogP contribution in [0.25, 0.3) is 0 Å². The van der Waals surface area contributed by atoms with Crippen LogP contribution in [0.2, 0.25) is 0 Å². The van der Waals surface area contributed by atoms with Gasteiger partial charge in [-0.3, -0.25) is 0 Å². The molecule has 0 spiro atoms. The maximum absolute atomic E-state index is 9.44. The number of hydrogen-bond donors (Lipinski definition) is 0. The second-order valence-electron chi connectivity index (χ2n) is 0.908. The first kappa shape index (κ1) is 9.87. The van der Waals surface area contributed by atoms with E-state index in [1.54, 1.807) is 0 Å². The summed E-state index contributed by atoms with van der Waals surface area (Å²) in [5, 5.41) is 0. The smallest absolute Gasteiger partial charge is 1.00 e. The summed E-state index contributed by atoms with van der Waals surface area (Å²) in [4.78, 5) is 9.44. The van der Waals surface area contributed by atoms with E-state index in [4.69, 9.17) is 0 Å². The predicted molar refractivity (Wildman–Crippen MR) is 17.5 cm³/mol. The molecule has 1 nitrogen and oxygen atoms in total. The molecule has 0 unspecified atom stereocenters. The fourth-order valence-corrected chi connectivity index (χ4v) is 0. The molecule has 0 amide bonds. The van der Waals surface area contributed by atoms with Crippen LogP contribution in [0.3, 0.4) is 0 Å². The van der Waals surface area contributed by atoms with Crippen molar-refractivity contribution in [3.05, 3.63) is 0 Å². The van der Waals surface area contributed by atoms with E-state index >= 15 is 0 Å². The zero-order valence-corrected chi connectivity index (χ0v) is 10.2. The van der Waals surface area contributed by atoms with E-state index in [0.29, 0.717) is 0 Å². The minimum Gasteiger partial charge on any atom is -1.00 e. The van der Waals surface area contributed by atoms with Crippen LogP contribution in [0.1, 0.15) is 15.3 Å². The summed E-state index contributed by atoms with van der Waals surface area (Å²) in [7, 11) is 0. The molecule has 0 rings (SSSR count). The van der Waals surface area contributed by atoms with Crippen LogP contribution < -0.4 is 68.9 Å². The molecule has 0 aromatic rings. The van der Waals surface area contributed by atoms with Gasteiger partial charge in [-0.15, -0.1) is 0 Å². The van der Waals surface area contributed by atoms with Gasteiger partial charge in [-0.05, 0) is 13.8 Å². The van der Waals surface area contributed by atoms with Crippen molar-refractivity contribution in [2.24, 2.45) is 0 Å². The first-order valence-corrected chi connectivity index (χ1v) is 1.20. The van der Waals surface area contributed by atoms with E-state index in [2.05, 4.69) is 0 Å². The van der Waals surface area contributed by atoms with Crippen molar-refractivity contribution in [2.75, 3.05) is 0 Å². The monoisotopic (exact) mass is 192 g/mol. The van der Waals surface area contributed by atoms with Gasteiger partial charge >= 0.3 is 68.9 Å². The van der Waals surface area contributed by atoms with Crippen LogP contribution in [0.4, 0.5) is 0 Å². The van der Waals surface area contributed by atoms with Gasteiger partial charge in [0, 0.05) is 0 Å². The molecule has 0 aromatic heterocycles. The van der Waals surface area contributed by atoms with Crippen molar-refractivity contribution >= 4 is 5.78 Å². The Balaban J connectivity index is -0.0000000450. The van der Waals surface area contributed by atoms with Gasteiger partial charge in [0.2, 0.25) is 0 Å². The second-order valence-corrected chi connectivity index (χ2v) is 0.908. The van der Waals surface area contributed by atoms with Crippen LogP contribution in [-0.2, 0) is 4.79 Å². The van der Waals surface area contributed by atoms with E-state index in [-0.39, 0.29) is 76.1 Å². The second kappa shape index (κ2) is 5.72. The number of rotatable bonds is 0. The summed E-state index contributed by atoms with van der Waals surface area (Å²) in [5.41, 5.74) is 0. The Morgan fingerprint density at radius 2 is 1.60 bits per heavy atom. The molecule has 0 aliphatic carbocycles. The van der Waals surface area contributed by atoms with E-state index in [0.717, 1.165) is 0 Å². The largest absolute Gasteiger partial charge is 1.00 e. The SMILES string of the molecule is CC(C)=O.[Cs+].[H-]. The van der Waals surface area contributed by atoms with Crippen LogP contribution in [0, 0.1) is 0 Å². The predicted octanol–water partition coefficient (Wildman–Crippen LogP) is -2.29. The summed E-state index contributed by atoms with van der Waals surface area (Å²) < 4.78 is 0. The van der Waals surface area contributed by atoms with Crippen LogP contribution in [-0.4, -0.2) is 5.78 Å². The fraction of sp³-hybridized carbons (Fsp3) is 0.667. The molecule has 0 radical (unpaired) electrons. The van der Waals surface area contributed by atoms with Crippen molar-refractivity contribution in [3.63, 3.8) is 0 Å². The molecule has 2 heteroatoms. The Hall–Kier alpha value is 1.72. The zero-order chi connectivity index (χ0) is 3.58. The van der Waals surface area contributed by atoms with Crippen LogP contribution in [0.15, 0.2) is 0 Å². The molecule has 26 valence electrons. The summed E-state index contributed by atoms with van der Waals surface area (Å²) in [6.45, 7) is 3.06. The fourth-order valence-electron chi connectivity index (χ4n) is 0. The van der Waals surface area contributed by atoms with Crippen molar-refractivity contribution in [3.8, 4) is 0 Å². The van der Waals surface area contributed by atoms with Crippen LogP contribution >= 0.6 is 0 Å². The number of Topliss-reactive ketones (excluding diaryl/α,β-unsaturated/α-hetero) is 1. The molecular weight excluding hydrogens is 185 g/mol. The molecule has 0 saturated carbocycles. The maximum atomic E-state index is 9.44. The Kier molecular flexibility index (Phi) is 11.3.